The van der Waals surface area contributed by atoms with E-state index in [-0.39, 0.29) is 6.04 Å². The summed E-state index contributed by atoms with van der Waals surface area (Å²) < 4.78 is 0. The minimum absolute atomic E-state index is 0.389. The van der Waals surface area contributed by atoms with Crippen LogP contribution in [0, 0.1) is 11.3 Å². The zero-order valence-corrected chi connectivity index (χ0v) is 9.93. The molecule has 1 atom stereocenters. The van der Waals surface area contributed by atoms with Crippen molar-refractivity contribution in [3.05, 3.63) is 45.3 Å². The van der Waals surface area contributed by atoms with Crippen LogP contribution in [0.1, 0.15) is 18.0 Å². The number of nitrogens with one attached hydrogen (secondary N) is 1. The number of nitriles is 1. The second-order valence-corrected chi connectivity index (χ2v) is 3.82. The molecule has 0 aromatic heterocycles. The Morgan fingerprint density at radius 3 is 3.06 bits per heavy atom. The Hall–Kier alpha value is -1.73. The number of benzene rings is 1. The van der Waals surface area contributed by atoms with Gasteiger partial charge in [0.1, 0.15) is 6.04 Å². The SMILES string of the molecule is N#CC(NCCCN=[N+]=[N-])c1cccc(Cl)c1. The van der Waals surface area contributed by atoms with Crippen LogP contribution in [0.4, 0.5) is 0 Å². The number of hydrogen-bond donors (Lipinski definition) is 1. The molecule has 0 bridgehead atoms. The van der Waals surface area contributed by atoms with E-state index in [0.29, 0.717) is 24.5 Å². The fourth-order valence-corrected chi connectivity index (χ4v) is 1.56. The van der Waals surface area contributed by atoms with Crippen molar-refractivity contribution in [3.63, 3.8) is 0 Å². The molecule has 1 aromatic rings. The van der Waals surface area contributed by atoms with Crippen molar-refractivity contribution < 1.29 is 0 Å². The molecule has 0 aliphatic rings. The van der Waals surface area contributed by atoms with E-state index < -0.39 is 0 Å². The molecule has 0 aliphatic carbocycles. The molecule has 0 saturated carbocycles. The van der Waals surface area contributed by atoms with Crippen LogP contribution in [-0.2, 0) is 0 Å². The van der Waals surface area contributed by atoms with Crippen LogP contribution in [0.15, 0.2) is 29.4 Å². The largest absolute Gasteiger partial charge is 0.298 e. The molecular weight excluding hydrogens is 238 g/mol. The minimum Gasteiger partial charge on any atom is -0.298 e. The fourth-order valence-electron chi connectivity index (χ4n) is 1.37. The van der Waals surface area contributed by atoms with Crippen LogP contribution in [0.25, 0.3) is 10.4 Å². The number of halogens is 1. The van der Waals surface area contributed by atoms with Crippen LogP contribution in [0.3, 0.4) is 0 Å². The first kappa shape index (κ1) is 13.3. The highest BCUT2D eigenvalue weighted by molar-refractivity contribution is 6.30. The first-order valence-electron chi connectivity index (χ1n) is 5.17. The summed E-state index contributed by atoms with van der Waals surface area (Å²) in [6.07, 6.45) is 0.697. The summed E-state index contributed by atoms with van der Waals surface area (Å²) in [5.74, 6) is 0. The van der Waals surface area contributed by atoms with Crippen molar-refractivity contribution in [2.45, 2.75) is 12.5 Å². The average molecular weight is 250 g/mol. The summed E-state index contributed by atoms with van der Waals surface area (Å²) in [7, 11) is 0. The van der Waals surface area contributed by atoms with Gasteiger partial charge in [0.15, 0.2) is 0 Å². The summed E-state index contributed by atoms with van der Waals surface area (Å²) in [6, 6.07) is 8.96. The first-order valence-corrected chi connectivity index (χ1v) is 5.55. The van der Waals surface area contributed by atoms with E-state index in [4.69, 9.17) is 22.4 Å². The van der Waals surface area contributed by atoms with E-state index in [1.807, 2.05) is 12.1 Å². The first-order chi connectivity index (χ1) is 8.27. The maximum Gasteiger partial charge on any atom is 0.121 e. The van der Waals surface area contributed by atoms with E-state index in [1.54, 1.807) is 12.1 Å². The second kappa shape index (κ2) is 7.53. The Bertz CT molecular complexity index is 447. The molecule has 88 valence electrons. The van der Waals surface area contributed by atoms with Gasteiger partial charge in [-0.3, -0.25) is 5.32 Å². The minimum atomic E-state index is -0.389. The summed E-state index contributed by atoms with van der Waals surface area (Å²) in [6.45, 7) is 1.04. The van der Waals surface area contributed by atoms with Crippen LogP contribution in [-0.4, -0.2) is 13.1 Å². The highest BCUT2D eigenvalue weighted by Crippen LogP contribution is 2.17. The second-order valence-electron chi connectivity index (χ2n) is 3.38. The van der Waals surface area contributed by atoms with E-state index in [2.05, 4.69) is 21.4 Å². The molecule has 17 heavy (non-hydrogen) atoms. The van der Waals surface area contributed by atoms with Gasteiger partial charge in [0.25, 0.3) is 0 Å². The Balaban J connectivity index is 2.49. The lowest BCUT2D eigenvalue weighted by Gasteiger charge is -2.11. The molecule has 1 rings (SSSR count). The predicted octanol–water partition coefficient (Wildman–Crippen LogP) is 3.19. The highest BCUT2D eigenvalue weighted by atomic mass is 35.5. The van der Waals surface area contributed by atoms with Crippen LogP contribution >= 0.6 is 11.6 Å². The molecule has 5 nitrogen and oxygen atoms in total. The fraction of sp³-hybridized carbons (Fsp3) is 0.364. The lowest BCUT2D eigenvalue weighted by atomic mass is 10.1. The monoisotopic (exact) mass is 249 g/mol. The van der Waals surface area contributed by atoms with E-state index >= 15 is 0 Å². The summed E-state index contributed by atoms with van der Waals surface area (Å²) in [5, 5.41) is 16.1. The Kier molecular flexibility index (Phi) is 5.91. The normalized spacial score (nSPS) is 11.3. The maximum atomic E-state index is 9.04. The van der Waals surface area contributed by atoms with Gasteiger partial charge >= 0.3 is 0 Å². The smallest absolute Gasteiger partial charge is 0.121 e. The number of azide groups is 1. The summed E-state index contributed by atoms with van der Waals surface area (Å²) in [5.41, 5.74) is 8.94. The van der Waals surface area contributed by atoms with Crippen LogP contribution in [0.5, 0.6) is 0 Å². The Morgan fingerprint density at radius 1 is 1.59 bits per heavy atom. The zero-order valence-electron chi connectivity index (χ0n) is 9.17. The van der Waals surface area contributed by atoms with Crippen molar-refractivity contribution in [2.24, 2.45) is 5.11 Å². The standard InChI is InChI=1S/C11H12ClN5/c12-10-4-1-3-9(7-10)11(8-13)15-5-2-6-16-17-14/h1,3-4,7,11,15H,2,5-6H2. The quantitative estimate of drug-likeness (QED) is 0.363. The maximum absolute atomic E-state index is 9.04. The van der Waals surface area contributed by atoms with Gasteiger partial charge < -0.3 is 0 Å². The predicted molar refractivity (Wildman–Crippen MR) is 66.4 cm³/mol. The number of hydrogen-bond acceptors (Lipinski definition) is 3. The molecule has 0 saturated heterocycles. The van der Waals surface area contributed by atoms with E-state index in [9.17, 15) is 0 Å². The molecule has 1 aromatic carbocycles. The van der Waals surface area contributed by atoms with Gasteiger partial charge in [-0.15, -0.1) is 0 Å². The van der Waals surface area contributed by atoms with Crippen molar-refractivity contribution >= 4 is 11.6 Å². The molecule has 0 fully saturated rings. The van der Waals surface area contributed by atoms with E-state index in [0.717, 1.165) is 5.56 Å². The molecule has 0 amide bonds. The van der Waals surface area contributed by atoms with Crippen LogP contribution in [0.2, 0.25) is 5.02 Å². The molecule has 0 spiro atoms. The Morgan fingerprint density at radius 2 is 2.41 bits per heavy atom. The third kappa shape index (κ3) is 4.75. The molecule has 0 radical (unpaired) electrons. The summed E-state index contributed by atoms with van der Waals surface area (Å²) in [4.78, 5) is 2.66. The molecule has 0 heterocycles. The van der Waals surface area contributed by atoms with Gasteiger partial charge in [0.05, 0.1) is 6.07 Å². The van der Waals surface area contributed by atoms with Crippen molar-refractivity contribution in [3.8, 4) is 6.07 Å². The van der Waals surface area contributed by atoms with Gasteiger partial charge in [-0.2, -0.15) is 5.26 Å². The average Bonchev–Trinajstić information content (AvgIpc) is 2.34. The van der Waals surface area contributed by atoms with Gasteiger partial charge in [-0.1, -0.05) is 28.8 Å². The van der Waals surface area contributed by atoms with E-state index in [1.165, 1.54) is 0 Å². The Labute approximate surface area is 105 Å². The van der Waals surface area contributed by atoms with Gasteiger partial charge in [0, 0.05) is 16.5 Å². The molecule has 6 heteroatoms. The van der Waals surface area contributed by atoms with Crippen molar-refractivity contribution in [1.29, 1.82) is 5.26 Å². The molecule has 0 aliphatic heterocycles. The lowest BCUT2D eigenvalue weighted by Crippen LogP contribution is -2.21. The number of rotatable bonds is 6. The topological polar surface area (TPSA) is 84.6 Å². The molecule has 1 N–H and O–H groups in total. The van der Waals surface area contributed by atoms with Gasteiger partial charge in [-0.05, 0) is 36.2 Å². The summed E-state index contributed by atoms with van der Waals surface area (Å²) >= 11 is 5.86. The zero-order chi connectivity index (χ0) is 12.5. The van der Waals surface area contributed by atoms with Crippen LogP contribution < -0.4 is 5.32 Å². The molecule has 1 unspecified atom stereocenters. The third-order valence-electron chi connectivity index (χ3n) is 2.16. The van der Waals surface area contributed by atoms with Crippen molar-refractivity contribution in [1.82, 2.24) is 5.32 Å². The van der Waals surface area contributed by atoms with Crippen molar-refractivity contribution in [2.75, 3.05) is 13.1 Å². The molecular formula is C11H12ClN5. The van der Waals surface area contributed by atoms with Gasteiger partial charge in [0.2, 0.25) is 0 Å². The lowest BCUT2D eigenvalue weighted by molar-refractivity contribution is 0.607. The van der Waals surface area contributed by atoms with Gasteiger partial charge in [-0.25, -0.2) is 0 Å². The number of nitrogens with zero attached hydrogens (tertiary/aromatic N) is 4. The highest BCUT2D eigenvalue weighted by Gasteiger charge is 2.08. The third-order valence-corrected chi connectivity index (χ3v) is 2.39.